The van der Waals surface area contributed by atoms with Gasteiger partial charge in [0.15, 0.2) is 0 Å². The lowest BCUT2D eigenvalue weighted by Gasteiger charge is -2.05. The van der Waals surface area contributed by atoms with Crippen molar-refractivity contribution in [2.75, 3.05) is 0 Å². The van der Waals surface area contributed by atoms with E-state index in [1.165, 1.54) is 0 Å². The van der Waals surface area contributed by atoms with Crippen LogP contribution in [0.4, 0.5) is 0 Å². The SMILES string of the molecule is Cc1ccc(C(=O)c2oc3ccccc3c(=O)c2O)cc1. The van der Waals surface area contributed by atoms with Gasteiger partial charge < -0.3 is 9.52 Å². The molecule has 1 N–H and O–H groups in total. The summed E-state index contributed by atoms with van der Waals surface area (Å²) in [5.74, 6) is -1.50. The molecule has 0 saturated carbocycles. The molecule has 4 nitrogen and oxygen atoms in total. The van der Waals surface area contributed by atoms with E-state index in [4.69, 9.17) is 4.42 Å². The van der Waals surface area contributed by atoms with Crippen LogP contribution < -0.4 is 5.43 Å². The molecule has 2 aromatic carbocycles. The number of aromatic hydroxyl groups is 1. The minimum absolute atomic E-state index is 0.246. The summed E-state index contributed by atoms with van der Waals surface area (Å²) < 4.78 is 5.42. The Labute approximate surface area is 120 Å². The van der Waals surface area contributed by atoms with Crippen LogP contribution in [0.1, 0.15) is 21.7 Å². The summed E-state index contributed by atoms with van der Waals surface area (Å²) in [6.45, 7) is 1.90. The van der Waals surface area contributed by atoms with Crippen LogP contribution in [0.2, 0.25) is 0 Å². The number of carbonyl (C=O) groups is 1. The summed E-state index contributed by atoms with van der Waals surface area (Å²) in [6.07, 6.45) is 0. The van der Waals surface area contributed by atoms with Crippen molar-refractivity contribution in [3.63, 3.8) is 0 Å². The molecule has 104 valence electrons. The fraction of sp³-hybridized carbons (Fsp3) is 0.0588. The predicted octanol–water partition coefficient (Wildman–Crippen LogP) is 3.04. The summed E-state index contributed by atoms with van der Waals surface area (Å²) in [5, 5.41) is 10.2. The molecule has 0 saturated heterocycles. The summed E-state index contributed by atoms with van der Waals surface area (Å²) in [6, 6.07) is 13.3. The average Bonchev–Trinajstić information content (AvgIpc) is 2.51. The van der Waals surface area contributed by atoms with Gasteiger partial charge in [0.2, 0.25) is 22.7 Å². The van der Waals surface area contributed by atoms with Crippen LogP contribution >= 0.6 is 0 Å². The minimum atomic E-state index is -0.653. The smallest absolute Gasteiger partial charge is 0.235 e. The van der Waals surface area contributed by atoms with E-state index < -0.39 is 17.0 Å². The number of fused-ring (bicyclic) bond motifs is 1. The predicted molar refractivity (Wildman–Crippen MR) is 78.8 cm³/mol. The molecule has 0 atom stereocenters. The van der Waals surface area contributed by atoms with Crippen LogP contribution in [-0.4, -0.2) is 10.9 Å². The highest BCUT2D eigenvalue weighted by atomic mass is 16.4. The lowest BCUT2D eigenvalue weighted by molar-refractivity contribution is 0.100. The van der Waals surface area contributed by atoms with Gasteiger partial charge in [0.1, 0.15) is 5.58 Å². The van der Waals surface area contributed by atoms with E-state index in [2.05, 4.69) is 0 Å². The van der Waals surface area contributed by atoms with Crippen molar-refractivity contribution in [1.29, 1.82) is 0 Å². The standard InChI is InChI=1S/C17H12O4/c1-10-6-8-11(9-7-10)14(18)17-16(20)15(19)12-4-2-3-5-13(12)21-17/h2-9,20H,1H3. The third kappa shape index (κ3) is 2.21. The Balaban J connectivity index is 2.20. The summed E-state index contributed by atoms with van der Waals surface area (Å²) in [5.41, 5.74) is 1.04. The van der Waals surface area contributed by atoms with Crippen LogP contribution in [0, 0.1) is 6.92 Å². The zero-order valence-electron chi connectivity index (χ0n) is 11.3. The Hall–Kier alpha value is -2.88. The van der Waals surface area contributed by atoms with Crippen molar-refractivity contribution in [3.8, 4) is 5.75 Å². The first-order chi connectivity index (χ1) is 10.1. The summed E-state index contributed by atoms with van der Waals surface area (Å²) in [7, 11) is 0. The van der Waals surface area contributed by atoms with E-state index in [-0.39, 0.29) is 16.7 Å². The van der Waals surface area contributed by atoms with Crippen molar-refractivity contribution in [1.82, 2.24) is 0 Å². The van der Waals surface area contributed by atoms with Crippen molar-refractivity contribution in [2.24, 2.45) is 0 Å². The normalized spacial score (nSPS) is 10.7. The minimum Gasteiger partial charge on any atom is -0.501 e. The number of hydrogen-bond donors (Lipinski definition) is 1. The second-order valence-electron chi connectivity index (χ2n) is 4.80. The van der Waals surface area contributed by atoms with Gasteiger partial charge in [-0.15, -0.1) is 0 Å². The first kappa shape index (κ1) is 13.1. The molecule has 1 heterocycles. The van der Waals surface area contributed by atoms with E-state index in [1.54, 1.807) is 48.5 Å². The maximum atomic E-state index is 12.4. The molecule has 0 amide bonds. The molecule has 4 heteroatoms. The number of ketones is 1. The molecule has 3 rings (SSSR count). The van der Waals surface area contributed by atoms with Crippen LogP contribution in [0.25, 0.3) is 11.0 Å². The van der Waals surface area contributed by atoms with Gasteiger partial charge in [-0.3, -0.25) is 9.59 Å². The molecular weight excluding hydrogens is 268 g/mol. The van der Waals surface area contributed by atoms with Crippen molar-refractivity contribution >= 4 is 16.8 Å². The van der Waals surface area contributed by atoms with Crippen LogP contribution in [0.15, 0.2) is 57.7 Å². The monoisotopic (exact) mass is 280 g/mol. The molecule has 1 aromatic heterocycles. The maximum Gasteiger partial charge on any atom is 0.235 e. The second-order valence-corrected chi connectivity index (χ2v) is 4.80. The zero-order chi connectivity index (χ0) is 15.0. The molecule has 0 unspecified atom stereocenters. The zero-order valence-corrected chi connectivity index (χ0v) is 11.3. The Morgan fingerprint density at radius 3 is 2.43 bits per heavy atom. The molecule has 0 spiro atoms. The highest BCUT2D eigenvalue weighted by molar-refractivity contribution is 6.09. The van der Waals surface area contributed by atoms with Gasteiger partial charge in [-0.25, -0.2) is 0 Å². The molecule has 0 aliphatic carbocycles. The van der Waals surface area contributed by atoms with Crippen molar-refractivity contribution < 1.29 is 14.3 Å². The van der Waals surface area contributed by atoms with Gasteiger partial charge in [0.05, 0.1) is 5.39 Å². The fourth-order valence-electron chi connectivity index (χ4n) is 2.12. The van der Waals surface area contributed by atoms with E-state index in [9.17, 15) is 14.7 Å². The molecule has 0 radical (unpaired) electrons. The van der Waals surface area contributed by atoms with E-state index in [1.807, 2.05) is 6.92 Å². The molecule has 0 bridgehead atoms. The van der Waals surface area contributed by atoms with E-state index in [0.29, 0.717) is 5.56 Å². The second kappa shape index (κ2) is 4.90. The Morgan fingerprint density at radius 2 is 1.71 bits per heavy atom. The largest absolute Gasteiger partial charge is 0.501 e. The average molecular weight is 280 g/mol. The topological polar surface area (TPSA) is 67.5 Å². The highest BCUT2D eigenvalue weighted by Crippen LogP contribution is 2.22. The number of para-hydroxylation sites is 1. The Bertz CT molecular complexity index is 889. The van der Waals surface area contributed by atoms with Crippen LogP contribution in [0.3, 0.4) is 0 Å². The number of hydrogen-bond acceptors (Lipinski definition) is 4. The van der Waals surface area contributed by atoms with E-state index in [0.717, 1.165) is 5.56 Å². The quantitative estimate of drug-likeness (QED) is 0.733. The van der Waals surface area contributed by atoms with Crippen LogP contribution in [-0.2, 0) is 0 Å². The van der Waals surface area contributed by atoms with Crippen molar-refractivity contribution in [3.05, 3.63) is 75.6 Å². The number of rotatable bonds is 2. The van der Waals surface area contributed by atoms with Crippen molar-refractivity contribution in [2.45, 2.75) is 6.92 Å². The molecule has 21 heavy (non-hydrogen) atoms. The Kier molecular flexibility index (Phi) is 3.06. The van der Waals surface area contributed by atoms with Gasteiger partial charge in [-0.1, -0.05) is 42.0 Å². The molecule has 3 aromatic rings. The first-order valence-corrected chi connectivity index (χ1v) is 6.44. The van der Waals surface area contributed by atoms with Gasteiger partial charge in [-0.2, -0.15) is 0 Å². The highest BCUT2D eigenvalue weighted by Gasteiger charge is 2.21. The molecular formula is C17H12O4. The maximum absolute atomic E-state index is 12.4. The number of aryl methyl sites for hydroxylation is 1. The van der Waals surface area contributed by atoms with Gasteiger partial charge in [-0.05, 0) is 19.1 Å². The molecule has 0 fully saturated rings. The lowest BCUT2D eigenvalue weighted by Crippen LogP contribution is -2.09. The fourth-order valence-corrected chi connectivity index (χ4v) is 2.12. The van der Waals surface area contributed by atoms with Gasteiger partial charge in [0, 0.05) is 5.56 Å². The van der Waals surface area contributed by atoms with Crippen LogP contribution in [0.5, 0.6) is 5.75 Å². The lowest BCUT2D eigenvalue weighted by atomic mass is 10.1. The van der Waals surface area contributed by atoms with Gasteiger partial charge in [0.25, 0.3) is 0 Å². The summed E-state index contributed by atoms with van der Waals surface area (Å²) >= 11 is 0. The Morgan fingerprint density at radius 1 is 1.05 bits per heavy atom. The summed E-state index contributed by atoms with van der Waals surface area (Å²) in [4.78, 5) is 24.5. The molecule has 0 aliphatic heterocycles. The first-order valence-electron chi connectivity index (χ1n) is 6.44. The third-order valence-electron chi connectivity index (χ3n) is 3.29. The number of benzene rings is 2. The number of carbonyl (C=O) groups excluding carboxylic acids is 1. The molecule has 0 aliphatic rings. The van der Waals surface area contributed by atoms with E-state index >= 15 is 0 Å². The third-order valence-corrected chi connectivity index (χ3v) is 3.29. The van der Waals surface area contributed by atoms with Gasteiger partial charge >= 0.3 is 0 Å².